The molecule has 80 valence electrons. The number of hydrogen-bond donors (Lipinski definition) is 1. The van der Waals surface area contributed by atoms with Gasteiger partial charge in [-0.25, -0.2) is 0 Å². The van der Waals surface area contributed by atoms with Crippen LogP contribution < -0.4 is 0 Å². The van der Waals surface area contributed by atoms with Gasteiger partial charge < -0.3 is 9.94 Å². The van der Waals surface area contributed by atoms with Crippen LogP contribution in [-0.4, -0.2) is 34.4 Å². The van der Waals surface area contributed by atoms with E-state index in [0.717, 1.165) is 25.7 Å². The minimum Gasteiger partial charge on any atom is -0.462 e. The molecular weight excluding hydrogens is 182 g/mol. The molecule has 2 atom stereocenters. The average Bonchev–Trinajstić information content (AvgIpc) is 2.05. The van der Waals surface area contributed by atoms with Crippen molar-refractivity contribution in [3.63, 3.8) is 0 Å². The molecule has 0 amide bonds. The molecule has 0 spiro atoms. The zero-order chi connectivity index (χ0) is 10.1. The van der Waals surface area contributed by atoms with Gasteiger partial charge in [0.25, 0.3) is 0 Å². The number of nitrogens with zero attached hydrogens (tertiary/aromatic N) is 1. The lowest BCUT2D eigenvalue weighted by atomic mass is 9.85. The zero-order valence-electron chi connectivity index (χ0n) is 8.48. The number of rotatable bonds is 1. The van der Waals surface area contributed by atoms with Gasteiger partial charge in [0, 0.05) is 31.8 Å². The highest BCUT2D eigenvalue weighted by Gasteiger charge is 2.38. The molecule has 14 heavy (non-hydrogen) atoms. The number of hydrogen-bond acceptors (Lipinski definition) is 4. The van der Waals surface area contributed by atoms with Crippen LogP contribution in [0.5, 0.6) is 0 Å². The van der Waals surface area contributed by atoms with Crippen molar-refractivity contribution in [2.45, 2.75) is 57.2 Å². The molecule has 2 aliphatic rings. The van der Waals surface area contributed by atoms with E-state index in [1.807, 2.05) is 0 Å². The fourth-order valence-corrected chi connectivity index (χ4v) is 2.64. The van der Waals surface area contributed by atoms with Gasteiger partial charge in [-0.2, -0.15) is 5.06 Å². The van der Waals surface area contributed by atoms with Crippen molar-refractivity contribution in [1.29, 1.82) is 0 Å². The number of carbonyl (C=O) groups excluding carboxylic acids is 1. The maximum atomic E-state index is 10.8. The van der Waals surface area contributed by atoms with E-state index in [0.29, 0.717) is 0 Å². The van der Waals surface area contributed by atoms with Crippen molar-refractivity contribution < 1.29 is 14.7 Å². The topological polar surface area (TPSA) is 49.8 Å². The van der Waals surface area contributed by atoms with Gasteiger partial charge in [-0.3, -0.25) is 4.79 Å². The Bertz CT molecular complexity index is 217. The number of carbonyl (C=O) groups is 1. The maximum Gasteiger partial charge on any atom is 0.302 e. The first kappa shape index (κ1) is 9.93. The van der Waals surface area contributed by atoms with Crippen LogP contribution in [0.1, 0.15) is 39.0 Å². The molecule has 2 aliphatic heterocycles. The molecule has 0 aromatic rings. The van der Waals surface area contributed by atoms with Gasteiger partial charge in [0.15, 0.2) is 0 Å². The third-order valence-corrected chi connectivity index (χ3v) is 3.23. The summed E-state index contributed by atoms with van der Waals surface area (Å²) in [6.07, 6.45) is 4.81. The molecule has 0 aliphatic carbocycles. The lowest BCUT2D eigenvalue weighted by molar-refractivity contribution is -0.215. The Balaban J connectivity index is 1.97. The smallest absolute Gasteiger partial charge is 0.302 e. The minimum atomic E-state index is -0.209. The van der Waals surface area contributed by atoms with Crippen molar-refractivity contribution in [3.05, 3.63) is 0 Å². The molecule has 4 nitrogen and oxygen atoms in total. The summed E-state index contributed by atoms with van der Waals surface area (Å²) < 4.78 is 5.20. The standard InChI is InChI=1S/C10H17NO3/c1-7(12)14-10-5-8-3-2-4-9(6-10)11(8)13/h8-10,13H,2-6H2,1H3. The van der Waals surface area contributed by atoms with Gasteiger partial charge in [0.1, 0.15) is 6.10 Å². The monoisotopic (exact) mass is 199 g/mol. The quantitative estimate of drug-likeness (QED) is 0.647. The van der Waals surface area contributed by atoms with Gasteiger partial charge in [0.05, 0.1) is 0 Å². The number of hydroxylamine groups is 2. The first-order chi connectivity index (χ1) is 6.66. The molecule has 2 rings (SSSR count). The summed E-state index contributed by atoms with van der Waals surface area (Å²) in [5, 5.41) is 11.2. The normalized spacial score (nSPS) is 38.0. The van der Waals surface area contributed by atoms with Crippen LogP contribution >= 0.6 is 0 Å². The predicted octanol–water partition coefficient (Wildman–Crippen LogP) is 1.32. The summed E-state index contributed by atoms with van der Waals surface area (Å²) in [7, 11) is 0. The third kappa shape index (κ3) is 1.91. The van der Waals surface area contributed by atoms with Crippen LogP contribution in [0.2, 0.25) is 0 Å². The Morgan fingerprint density at radius 2 is 1.93 bits per heavy atom. The van der Waals surface area contributed by atoms with Crippen LogP contribution in [0.3, 0.4) is 0 Å². The summed E-state index contributed by atoms with van der Waals surface area (Å²) in [5.41, 5.74) is 0. The maximum absolute atomic E-state index is 10.8. The largest absolute Gasteiger partial charge is 0.462 e. The first-order valence-corrected chi connectivity index (χ1v) is 5.31. The van der Waals surface area contributed by atoms with Crippen molar-refractivity contribution in [1.82, 2.24) is 5.06 Å². The molecule has 2 fully saturated rings. The lowest BCUT2D eigenvalue weighted by Gasteiger charge is -2.44. The molecule has 2 heterocycles. The van der Waals surface area contributed by atoms with Gasteiger partial charge in [-0.05, 0) is 12.8 Å². The molecule has 2 unspecified atom stereocenters. The van der Waals surface area contributed by atoms with Crippen LogP contribution in [-0.2, 0) is 9.53 Å². The second kappa shape index (κ2) is 3.87. The fraction of sp³-hybridized carbons (Fsp3) is 0.900. The van der Waals surface area contributed by atoms with Crippen molar-refractivity contribution in [3.8, 4) is 0 Å². The predicted molar refractivity (Wildman–Crippen MR) is 49.8 cm³/mol. The highest BCUT2D eigenvalue weighted by atomic mass is 16.5. The zero-order valence-corrected chi connectivity index (χ0v) is 8.48. The van der Waals surface area contributed by atoms with E-state index in [9.17, 15) is 10.0 Å². The Hall–Kier alpha value is -0.610. The summed E-state index contributed by atoms with van der Waals surface area (Å²) in [6.45, 7) is 1.45. The number of piperidine rings is 2. The van der Waals surface area contributed by atoms with Gasteiger partial charge in [-0.15, -0.1) is 0 Å². The summed E-state index contributed by atoms with van der Waals surface area (Å²) in [4.78, 5) is 10.8. The van der Waals surface area contributed by atoms with Crippen LogP contribution in [0.15, 0.2) is 0 Å². The molecular formula is C10H17NO3. The first-order valence-electron chi connectivity index (χ1n) is 5.31. The SMILES string of the molecule is CC(=O)OC1CC2CCCC(C1)N2O. The van der Waals surface area contributed by atoms with E-state index >= 15 is 0 Å². The number of ether oxygens (including phenoxy) is 1. The van der Waals surface area contributed by atoms with Crippen molar-refractivity contribution >= 4 is 5.97 Å². The van der Waals surface area contributed by atoms with E-state index in [1.54, 1.807) is 0 Å². The highest BCUT2D eigenvalue weighted by molar-refractivity contribution is 5.66. The van der Waals surface area contributed by atoms with Crippen LogP contribution in [0.4, 0.5) is 0 Å². The van der Waals surface area contributed by atoms with Crippen LogP contribution in [0.25, 0.3) is 0 Å². The van der Waals surface area contributed by atoms with Crippen molar-refractivity contribution in [2.24, 2.45) is 0 Å². The van der Waals surface area contributed by atoms with E-state index in [4.69, 9.17) is 4.74 Å². The Morgan fingerprint density at radius 3 is 2.43 bits per heavy atom. The molecule has 2 bridgehead atoms. The van der Waals surface area contributed by atoms with E-state index in [-0.39, 0.29) is 24.2 Å². The molecule has 0 saturated carbocycles. The molecule has 1 N–H and O–H groups in total. The molecule has 0 radical (unpaired) electrons. The molecule has 0 aromatic carbocycles. The number of esters is 1. The van der Waals surface area contributed by atoms with Gasteiger partial charge in [0.2, 0.25) is 0 Å². The second-order valence-corrected chi connectivity index (χ2v) is 4.32. The fourth-order valence-electron chi connectivity index (χ4n) is 2.64. The van der Waals surface area contributed by atoms with Crippen molar-refractivity contribution in [2.75, 3.05) is 0 Å². The molecule has 4 heteroatoms. The van der Waals surface area contributed by atoms with E-state index in [1.165, 1.54) is 18.4 Å². The Labute approximate surface area is 83.8 Å². The third-order valence-electron chi connectivity index (χ3n) is 3.23. The van der Waals surface area contributed by atoms with E-state index in [2.05, 4.69) is 0 Å². The summed E-state index contributed by atoms with van der Waals surface area (Å²) in [5.74, 6) is -0.209. The van der Waals surface area contributed by atoms with Gasteiger partial charge >= 0.3 is 5.97 Å². The highest BCUT2D eigenvalue weighted by Crippen LogP contribution is 2.33. The molecule has 2 saturated heterocycles. The van der Waals surface area contributed by atoms with Crippen LogP contribution in [0, 0.1) is 0 Å². The van der Waals surface area contributed by atoms with Gasteiger partial charge in [-0.1, -0.05) is 6.42 Å². The average molecular weight is 199 g/mol. The lowest BCUT2D eigenvalue weighted by Crippen LogP contribution is -2.52. The Morgan fingerprint density at radius 1 is 1.36 bits per heavy atom. The number of fused-ring (bicyclic) bond motifs is 2. The summed E-state index contributed by atoms with van der Waals surface area (Å²) in [6, 6.07) is 0.402. The molecule has 0 aromatic heterocycles. The minimum absolute atomic E-state index is 0.0196. The second-order valence-electron chi connectivity index (χ2n) is 4.32. The van der Waals surface area contributed by atoms with E-state index < -0.39 is 0 Å². The summed E-state index contributed by atoms with van der Waals surface area (Å²) >= 11 is 0. The Kier molecular flexibility index (Phi) is 2.74.